The molecule has 0 spiro atoms. The van der Waals surface area contributed by atoms with Crippen molar-refractivity contribution in [3.63, 3.8) is 0 Å². The van der Waals surface area contributed by atoms with Crippen molar-refractivity contribution in [2.75, 3.05) is 13.1 Å². The van der Waals surface area contributed by atoms with Gasteiger partial charge in [-0.3, -0.25) is 14.6 Å². The number of halogens is 3. The van der Waals surface area contributed by atoms with E-state index in [-0.39, 0.29) is 6.54 Å². The van der Waals surface area contributed by atoms with Gasteiger partial charge in [-0.1, -0.05) is 24.3 Å². The molecule has 1 fully saturated rings. The van der Waals surface area contributed by atoms with E-state index in [1.54, 1.807) is 18.3 Å². The second-order valence-corrected chi connectivity index (χ2v) is 6.62. The van der Waals surface area contributed by atoms with Crippen molar-refractivity contribution in [3.05, 3.63) is 42.2 Å². The molecule has 0 saturated carbocycles. The van der Waals surface area contributed by atoms with E-state index in [0.717, 1.165) is 15.7 Å². The van der Waals surface area contributed by atoms with E-state index in [9.17, 15) is 28.0 Å². The summed E-state index contributed by atoms with van der Waals surface area (Å²) in [5.74, 6) is -1.40. The smallest absolute Gasteiger partial charge is 0.335 e. The molecule has 2 amide bonds. The van der Waals surface area contributed by atoms with Crippen LogP contribution in [0, 0.1) is 11.3 Å². The summed E-state index contributed by atoms with van der Waals surface area (Å²) in [6, 6.07) is 7.34. The molecule has 2 heterocycles. The molecule has 0 radical (unpaired) electrons. The molecule has 2 atom stereocenters. The molecule has 152 valence electrons. The van der Waals surface area contributed by atoms with E-state index < -0.39 is 36.7 Å². The molecule has 2 N–H and O–H groups in total. The number of amides is 2. The number of likely N-dealkylation sites (tertiary alicyclic amines) is 1. The average Bonchev–Trinajstić information content (AvgIpc) is 3.19. The lowest BCUT2D eigenvalue weighted by Gasteiger charge is -2.25. The first-order valence-electron chi connectivity index (χ1n) is 8.94. The third-order valence-corrected chi connectivity index (χ3v) is 4.74. The molecule has 1 aromatic heterocycles. The van der Waals surface area contributed by atoms with Gasteiger partial charge in [-0.05, 0) is 18.2 Å². The lowest BCUT2D eigenvalue weighted by Crippen LogP contribution is -2.50. The van der Waals surface area contributed by atoms with Gasteiger partial charge in [0.15, 0.2) is 0 Å². The summed E-state index contributed by atoms with van der Waals surface area (Å²) in [5.41, 5.74) is 0.508. The average molecular weight is 405 g/mol. The van der Waals surface area contributed by atoms with Crippen molar-refractivity contribution in [1.29, 1.82) is 5.26 Å². The maximum absolute atomic E-state index is 12.7. The van der Waals surface area contributed by atoms with E-state index in [2.05, 4.69) is 10.3 Å². The van der Waals surface area contributed by atoms with Gasteiger partial charge in [0.25, 0.3) is 0 Å². The number of carbonyl (C=O) groups excluding carboxylic acids is 2. The van der Waals surface area contributed by atoms with Crippen LogP contribution in [0.3, 0.4) is 0 Å². The number of nitriles is 1. The first-order chi connectivity index (χ1) is 13.8. The Balaban J connectivity index is 1.73. The summed E-state index contributed by atoms with van der Waals surface area (Å²) in [6.07, 6.45) is -0.750. The number of carbonyl (C=O) groups is 2. The Labute approximate surface area is 164 Å². The Morgan fingerprint density at radius 3 is 2.79 bits per heavy atom. The van der Waals surface area contributed by atoms with Crippen molar-refractivity contribution < 1.29 is 22.8 Å². The molecule has 0 bridgehead atoms. The highest BCUT2D eigenvalue weighted by Gasteiger charge is 2.36. The third kappa shape index (κ3) is 4.81. The highest BCUT2D eigenvalue weighted by atomic mass is 19.4. The van der Waals surface area contributed by atoms with Crippen LogP contribution in [0.5, 0.6) is 0 Å². The SMILES string of the molecule is N#CC(NC(=O)C1CCCN1C(=O)CNC(F)(F)F)c1cncc2ccccc12. The van der Waals surface area contributed by atoms with E-state index in [4.69, 9.17) is 0 Å². The number of pyridine rings is 1. The Bertz CT molecular complexity index is 951. The van der Waals surface area contributed by atoms with Crippen LogP contribution in [0.25, 0.3) is 10.8 Å². The van der Waals surface area contributed by atoms with Crippen molar-refractivity contribution in [1.82, 2.24) is 20.5 Å². The highest BCUT2D eigenvalue weighted by molar-refractivity contribution is 5.90. The number of hydrogen-bond acceptors (Lipinski definition) is 5. The summed E-state index contributed by atoms with van der Waals surface area (Å²) >= 11 is 0. The van der Waals surface area contributed by atoms with E-state index >= 15 is 0 Å². The minimum Gasteiger partial charge on any atom is -0.335 e. The van der Waals surface area contributed by atoms with Gasteiger partial charge in [-0.25, -0.2) is 5.32 Å². The largest absolute Gasteiger partial charge is 0.457 e. The first kappa shape index (κ1) is 20.5. The number of benzene rings is 1. The lowest BCUT2D eigenvalue weighted by atomic mass is 10.0. The Morgan fingerprint density at radius 2 is 2.07 bits per heavy atom. The quantitative estimate of drug-likeness (QED) is 0.742. The molecule has 7 nitrogen and oxygen atoms in total. The minimum atomic E-state index is -4.68. The van der Waals surface area contributed by atoms with E-state index in [1.165, 1.54) is 11.5 Å². The van der Waals surface area contributed by atoms with Gasteiger partial charge >= 0.3 is 6.30 Å². The van der Waals surface area contributed by atoms with Gasteiger partial charge in [-0.15, -0.1) is 0 Å². The first-order valence-corrected chi connectivity index (χ1v) is 8.94. The van der Waals surface area contributed by atoms with E-state index in [1.807, 2.05) is 18.2 Å². The third-order valence-electron chi connectivity index (χ3n) is 4.74. The molecule has 2 aromatic rings. The maximum Gasteiger partial charge on any atom is 0.457 e. The van der Waals surface area contributed by atoms with Gasteiger partial charge in [0, 0.05) is 29.9 Å². The van der Waals surface area contributed by atoms with Crippen LogP contribution in [-0.4, -0.2) is 47.1 Å². The maximum atomic E-state index is 12.7. The lowest BCUT2D eigenvalue weighted by molar-refractivity contribution is -0.163. The zero-order valence-electron chi connectivity index (χ0n) is 15.2. The second-order valence-electron chi connectivity index (χ2n) is 6.62. The van der Waals surface area contributed by atoms with Crippen molar-refractivity contribution in [2.45, 2.75) is 31.2 Å². The van der Waals surface area contributed by atoms with E-state index in [0.29, 0.717) is 18.4 Å². The van der Waals surface area contributed by atoms with Crippen molar-refractivity contribution in [2.24, 2.45) is 0 Å². The highest BCUT2D eigenvalue weighted by Crippen LogP contribution is 2.24. The Morgan fingerprint density at radius 1 is 1.31 bits per heavy atom. The zero-order valence-corrected chi connectivity index (χ0v) is 15.2. The molecule has 2 unspecified atom stereocenters. The summed E-state index contributed by atoms with van der Waals surface area (Å²) < 4.78 is 36.9. The molecular weight excluding hydrogens is 387 g/mol. The topological polar surface area (TPSA) is 98.1 Å². The van der Waals surface area contributed by atoms with Gasteiger partial charge in [-0.2, -0.15) is 18.4 Å². The van der Waals surface area contributed by atoms with Crippen LogP contribution in [0.4, 0.5) is 13.2 Å². The van der Waals surface area contributed by atoms with Crippen LogP contribution < -0.4 is 10.6 Å². The normalized spacial score (nSPS) is 17.7. The fourth-order valence-electron chi connectivity index (χ4n) is 3.40. The molecule has 29 heavy (non-hydrogen) atoms. The van der Waals surface area contributed by atoms with Crippen LogP contribution in [-0.2, 0) is 9.59 Å². The zero-order chi connectivity index (χ0) is 21.0. The molecule has 3 rings (SSSR count). The number of nitrogens with one attached hydrogen (secondary N) is 2. The predicted molar refractivity (Wildman–Crippen MR) is 97.0 cm³/mol. The molecule has 10 heteroatoms. The fourth-order valence-corrected chi connectivity index (χ4v) is 3.40. The number of aromatic nitrogens is 1. The van der Waals surface area contributed by atoms with Crippen molar-refractivity contribution >= 4 is 22.6 Å². The Hall–Kier alpha value is -3.19. The summed E-state index contributed by atoms with van der Waals surface area (Å²) in [7, 11) is 0. The minimum absolute atomic E-state index is 0.184. The summed E-state index contributed by atoms with van der Waals surface area (Å²) in [4.78, 5) is 30.0. The van der Waals surface area contributed by atoms with Gasteiger partial charge in [0.2, 0.25) is 11.8 Å². The second kappa shape index (κ2) is 8.45. The van der Waals surface area contributed by atoms with Crippen LogP contribution in [0.1, 0.15) is 24.4 Å². The summed E-state index contributed by atoms with van der Waals surface area (Å²) in [6.45, 7) is -0.758. The molecule has 1 aliphatic rings. The van der Waals surface area contributed by atoms with Crippen LogP contribution >= 0.6 is 0 Å². The fraction of sp³-hybridized carbons (Fsp3) is 0.368. The Kier molecular flexibility index (Phi) is 5.98. The number of fused-ring (bicyclic) bond motifs is 1. The van der Waals surface area contributed by atoms with Crippen LogP contribution in [0.2, 0.25) is 0 Å². The van der Waals surface area contributed by atoms with Crippen molar-refractivity contribution in [3.8, 4) is 6.07 Å². The monoisotopic (exact) mass is 405 g/mol. The number of alkyl halides is 3. The predicted octanol–water partition coefficient (Wildman–Crippen LogP) is 2.02. The van der Waals surface area contributed by atoms with Gasteiger partial charge in [0.1, 0.15) is 12.1 Å². The molecule has 1 aliphatic heterocycles. The summed E-state index contributed by atoms with van der Waals surface area (Å²) in [5, 5.41) is 14.9. The molecule has 0 aliphatic carbocycles. The van der Waals surface area contributed by atoms with Gasteiger partial charge in [0.05, 0.1) is 12.6 Å². The standard InChI is InChI=1S/C19H18F3N5O2/c20-19(21,22)25-11-17(28)27-7-3-6-16(27)18(29)26-15(8-23)14-10-24-9-12-4-1-2-5-13(12)14/h1-2,4-5,9-10,15-16,25H,3,6-7,11H2,(H,26,29). The number of rotatable bonds is 5. The molecular formula is C19H18F3N5O2. The molecule has 1 aromatic carbocycles. The van der Waals surface area contributed by atoms with Crippen LogP contribution in [0.15, 0.2) is 36.7 Å². The van der Waals surface area contributed by atoms with Gasteiger partial charge < -0.3 is 10.2 Å². The number of nitrogens with zero attached hydrogens (tertiary/aromatic N) is 3. The number of hydrogen-bond donors (Lipinski definition) is 2. The molecule has 1 saturated heterocycles.